The van der Waals surface area contributed by atoms with E-state index in [1.807, 2.05) is 25.3 Å². The van der Waals surface area contributed by atoms with Gasteiger partial charge in [0, 0.05) is 30.4 Å². The molecule has 19 heavy (non-hydrogen) atoms. The van der Waals surface area contributed by atoms with Gasteiger partial charge in [0.1, 0.15) is 5.65 Å². The molecule has 0 radical (unpaired) electrons. The number of aromatic nitrogens is 2. The molecule has 102 valence electrons. The van der Waals surface area contributed by atoms with Gasteiger partial charge in [-0.15, -0.1) is 0 Å². The molecule has 0 saturated carbocycles. The van der Waals surface area contributed by atoms with Crippen molar-refractivity contribution in [2.24, 2.45) is 0 Å². The number of nitrogens with one attached hydrogen (secondary N) is 1. The van der Waals surface area contributed by atoms with Gasteiger partial charge >= 0.3 is 0 Å². The molecule has 2 rings (SSSR count). The van der Waals surface area contributed by atoms with Crippen molar-refractivity contribution >= 4 is 16.9 Å². The number of carbonyl (C=O) groups excluding carboxylic acids is 1. The van der Waals surface area contributed by atoms with Crippen molar-refractivity contribution in [3.63, 3.8) is 0 Å². The lowest BCUT2D eigenvalue weighted by atomic mass is 10.1. The number of rotatable bonds is 5. The van der Waals surface area contributed by atoms with E-state index in [9.17, 15) is 4.79 Å². The number of hydrogen-bond acceptors (Lipinski definition) is 2. The van der Waals surface area contributed by atoms with E-state index in [4.69, 9.17) is 0 Å². The Labute approximate surface area is 113 Å². The van der Waals surface area contributed by atoms with Gasteiger partial charge in [0.25, 0.3) is 0 Å². The first kappa shape index (κ1) is 13.6. The smallest absolute Gasteiger partial charge is 0.224 e. The minimum absolute atomic E-state index is 0.0772. The Kier molecular flexibility index (Phi) is 4.20. The molecule has 0 fully saturated rings. The summed E-state index contributed by atoms with van der Waals surface area (Å²) in [4.78, 5) is 16.4. The number of hydrogen-bond donors (Lipinski definition) is 1. The molecule has 1 unspecified atom stereocenters. The maximum Gasteiger partial charge on any atom is 0.224 e. The summed E-state index contributed by atoms with van der Waals surface area (Å²) in [5.74, 6) is 0.0772. The van der Waals surface area contributed by atoms with Gasteiger partial charge in [-0.05, 0) is 38.0 Å². The Morgan fingerprint density at radius 2 is 2.26 bits per heavy atom. The molecule has 0 aliphatic rings. The van der Waals surface area contributed by atoms with Crippen LogP contribution in [0, 0.1) is 0 Å². The van der Waals surface area contributed by atoms with Crippen molar-refractivity contribution in [2.45, 2.75) is 46.2 Å². The molecule has 1 amide bonds. The Bertz CT molecular complexity index is 574. The summed E-state index contributed by atoms with van der Waals surface area (Å²) in [6.07, 6.45) is 5.19. The highest BCUT2D eigenvalue weighted by Gasteiger charge is 2.12. The van der Waals surface area contributed by atoms with Gasteiger partial charge in [0.15, 0.2) is 0 Å². The summed E-state index contributed by atoms with van der Waals surface area (Å²) in [5, 5.41) is 4.07. The SMILES string of the molecule is CCC(C)NC(=O)Cc1cn(CC)c2ncccc12. The Morgan fingerprint density at radius 3 is 2.95 bits per heavy atom. The third kappa shape index (κ3) is 2.95. The van der Waals surface area contributed by atoms with Crippen LogP contribution in [0.5, 0.6) is 0 Å². The van der Waals surface area contributed by atoms with Gasteiger partial charge in [-0.1, -0.05) is 6.92 Å². The van der Waals surface area contributed by atoms with E-state index < -0.39 is 0 Å². The highest BCUT2D eigenvalue weighted by molar-refractivity contribution is 5.87. The van der Waals surface area contributed by atoms with Crippen molar-refractivity contribution < 1.29 is 4.79 Å². The van der Waals surface area contributed by atoms with E-state index in [0.29, 0.717) is 6.42 Å². The van der Waals surface area contributed by atoms with Crippen molar-refractivity contribution in [1.82, 2.24) is 14.9 Å². The molecule has 2 aromatic heterocycles. The van der Waals surface area contributed by atoms with E-state index in [-0.39, 0.29) is 11.9 Å². The average molecular weight is 259 g/mol. The van der Waals surface area contributed by atoms with E-state index >= 15 is 0 Å². The fraction of sp³-hybridized carbons (Fsp3) is 0.467. The molecule has 1 N–H and O–H groups in total. The molecule has 0 saturated heterocycles. The van der Waals surface area contributed by atoms with Gasteiger partial charge in [-0.25, -0.2) is 4.98 Å². The number of carbonyl (C=O) groups is 1. The summed E-state index contributed by atoms with van der Waals surface area (Å²) in [6.45, 7) is 7.03. The van der Waals surface area contributed by atoms with Crippen LogP contribution in [0.15, 0.2) is 24.5 Å². The fourth-order valence-electron chi connectivity index (χ4n) is 2.18. The molecule has 4 heteroatoms. The molecule has 4 nitrogen and oxygen atoms in total. The van der Waals surface area contributed by atoms with Crippen LogP contribution in [-0.4, -0.2) is 21.5 Å². The van der Waals surface area contributed by atoms with E-state index in [1.165, 1.54) is 0 Å². The van der Waals surface area contributed by atoms with Crippen molar-refractivity contribution in [2.75, 3.05) is 0 Å². The van der Waals surface area contributed by atoms with Crippen molar-refractivity contribution in [3.05, 3.63) is 30.1 Å². The zero-order chi connectivity index (χ0) is 13.8. The summed E-state index contributed by atoms with van der Waals surface area (Å²) < 4.78 is 2.08. The molecule has 0 aliphatic carbocycles. The zero-order valence-electron chi connectivity index (χ0n) is 11.8. The molecule has 0 aliphatic heterocycles. The monoisotopic (exact) mass is 259 g/mol. The highest BCUT2D eigenvalue weighted by atomic mass is 16.1. The first-order valence-electron chi connectivity index (χ1n) is 6.87. The number of pyridine rings is 1. The molecule has 0 aromatic carbocycles. The summed E-state index contributed by atoms with van der Waals surface area (Å²) in [7, 11) is 0. The van der Waals surface area contributed by atoms with Gasteiger partial charge in [-0.2, -0.15) is 0 Å². The second-order valence-electron chi connectivity index (χ2n) is 4.87. The van der Waals surface area contributed by atoms with Crippen LogP contribution in [-0.2, 0) is 17.8 Å². The zero-order valence-corrected chi connectivity index (χ0v) is 11.8. The normalized spacial score (nSPS) is 12.6. The molecule has 2 aromatic rings. The highest BCUT2D eigenvalue weighted by Crippen LogP contribution is 2.19. The number of fused-ring (bicyclic) bond motifs is 1. The van der Waals surface area contributed by atoms with Gasteiger partial charge < -0.3 is 9.88 Å². The second-order valence-corrected chi connectivity index (χ2v) is 4.87. The predicted molar refractivity (Wildman–Crippen MR) is 77.0 cm³/mol. The first-order valence-corrected chi connectivity index (χ1v) is 6.87. The quantitative estimate of drug-likeness (QED) is 0.897. The van der Waals surface area contributed by atoms with Crippen molar-refractivity contribution in [3.8, 4) is 0 Å². The van der Waals surface area contributed by atoms with Crippen LogP contribution in [0.1, 0.15) is 32.8 Å². The molecule has 0 spiro atoms. The molecular weight excluding hydrogens is 238 g/mol. The Hall–Kier alpha value is -1.84. The third-order valence-electron chi connectivity index (χ3n) is 3.43. The maximum atomic E-state index is 12.0. The average Bonchev–Trinajstić information content (AvgIpc) is 2.77. The van der Waals surface area contributed by atoms with Crippen LogP contribution in [0.3, 0.4) is 0 Å². The Morgan fingerprint density at radius 1 is 1.47 bits per heavy atom. The number of aryl methyl sites for hydroxylation is 1. The Balaban J connectivity index is 2.23. The minimum Gasteiger partial charge on any atom is -0.353 e. The predicted octanol–water partition coefficient (Wildman–Crippen LogP) is 2.51. The van der Waals surface area contributed by atoms with Crippen LogP contribution in [0.4, 0.5) is 0 Å². The van der Waals surface area contributed by atoms with Gasteiger partial charge in [0.05, 0.1) is 6.42 Å². The largest absolute Gasteiger partial charge is 0.353 e. The first-order chi connectivity index (χ1) is 9.15. The second kappa shape index (κ2) is 5.87. The lowest BCUT2D eigenvalue weighted by Gasteiger charge is -2.10. The third-order valence-corrected chi connectivity index (χ3v) is 3.43. The summed E-state index contributed by atoms with van der Waals surface area (Å²) in [6, 6.07) is 4.17. The van der Waals surface area contributed by atoms with Gasteiger partial charge in [-0.3, -0.25) is 4.79 Å². The standard InChI is InChI=1S/C15H21N3O/c1-4-11(3)17-14(19)9-12-10-18(5-2)15-13(12)7-6-8-16-15/h6-8,10-11H,4-5,9H2,1-3H3,(H,17,19). The lowest BCUT2D eigenvalue weighted by molar-refractivity contribution is -0.121. The van der Waals surface area contributed by atoms with Crippen LogP contribution >= 0.6 is 0 Å². The van der Waals surface area contributed by atoms with Crippen molar-refractivity contribution in [1.29, 1.82) is 0 Å². The number of nitrogens with zero attached hydrogens (tertiary/aromatic N) is 2. The topological polar surface area (TPSA) is 46.9 Å². The summed E-state index contributed by atoms with van der Waals surface area (Å²) >= 11 is 0. The van der Waals surface area contributed by atoms with E-state index in [2.05, 4.69) is 28.7 Å². The van der Waals surface area contributed by atoms with Crippen LogP contribution in [0.25, 0.3) is 11.0 Å². The summed E-state index contributed by atoms with van der Waals surface area (Å²) in [5.41, 5.74) is 2.00. The fourth-order valence-corrected chi connectivity index (χ4v) is 2.18. The van der Waals surface area contributed by atoms with Crippen LogP contribution < -0.4 is 5.32 Å². The molecule has 2 heterocycles. The number of amides is 1. The van der Waals surface area contributed by atoms with Gasteiger partial charge in [0.2, 0.25) is 5.91 Å². The molecule has 0 bridgehead atoms. The van der Waals surface area contributed by atoms with E-state index in [1.54, 1.807) is 6.20 Å². The van der Waals surface area contributed by atoms with Crippen LogP contribution in [0.2, 0.25) is 0 Å². The maximum absolute atomic E-state index is 12.0. The van der Waals surface area contributed by atoms with E-state index in [0.717, 1.165) is 29.6 Å². The minimum atomic E-state index is 0.0772. The molecular formula is C15H21N3O. The molecule has 1 atom stereocenters. The lowest BCUT2D eigenvalue weighted by Crippen LogP contribution is -2.33.